The van der Waals surface area contributed by atoms with Crippen LogP contribution in [0.25, 0.3) is 0 Å². The summed E-state index contributed by atoms with van der Waals surface area (Å²) in [4.78, 5) is 4.39. The minimum atomic E-state index is 0.266. The molecule has 0 aliphatic carbocycles. The molecule has 90 valence electrons. The fraction of sp³-hybridized carbons (Fsp3) is 0.750. The summed E-state index contributed by atoms with van der Waals surface area (Å²) >= 11 is 1.75. The summed E-state index contributed by atoms with van der Waals surface area (Å²) in [7, 11) is 0. The van der Waals surface area contributed by atoms with Crippen LogP contribution in [0.15, 0.2) is 11.6 Å². The number of ether oxygens (including phenoxy) is 1. The number of hydrogen-bond acceptors (Lipinski definition) is 4. The predicted molar refractivity (Wildman–Crippen MR) is 66.8 cm³/mol. The number of nitrogens with one attached hydrogen (secondary N) is 1. The van der Waals surface area contributed by atoms with E-state index in [9.17, 15) is 0 Å². The van der Waals surface area contributed by atoms with E-state index in [2.05, 4.69) is 29.5 Å². The SMILES string of the molecule is CC(C)NCC1(Cc2nccs2)CCOC1. The molecule has 1 aliphatic heterocycles. The lowest BCUT2D eigenvalue weighted by Crippen LogP contribution is -2.39. The first kappa shape index (κ1) is 12.0. The highest BCUT2D eigenvalue weighted by Gasteiger charge is 2.35. The van der Waals surface area contributed by atoms with Gasteiger partial charge in [0.05, 0.1) is 11.6 Å². The molecule has 0 radical (unpaired) electrons. The van der Waals surface area contributed by atoms with Crippen LogP contribution in [0.1, 0.15) is 25.3 Å². The van der Waals surface area contributed by atoms with E-state index < -0.39 is 0 Å². The first-order valence-electron chi connectivity index (χ1n) is 5.90. The van der Waals surface area contributed by atoms with Gasteiger partial charge < -0.3 is 10.1 Å². The van der Waals surface area contributed by atoms with Gasteiger partial charge in [0.25, 0.3) is 0 Å². The fourth-order valence-electron chi connectivity index (χ4n) is 2.07. The molecule has 1 aliphatic rings. The van der Waals surface area contributed by atoms with Crippen molar-refractivity contribution < 1.29 is 4.74 Å². The monoisotopic (exact) mass is 240 g/mol. The van der Waals surface area contributed by atoms with E-state index in [4.69, 9.17) is 4.74 Å². The molecule has 1 aromatic heterocycles. The van der Waals surface area contributed by atoms with Crippen molar-refractivity contribution >= 4 is 11.3 Å². The van der Waals surface area contributed by atoms with Crippen molar-refractivity contribution in [3.8, 4) is 0 Å². The van der Waals surface area contributed by atoms with Gasteiger partial charge in [0.2, 0.25) is 0 Å². The normalized spacial score (nSPS) is 25.4. The average Bonchev–Trinajstić information content (AvgIpc) is 2.88. The molecule has 3 nitrogen and oxygen atoms in total. The highest BCUT2D eigenvalue weighted by atomic mass is 32.1. The lowest BCUT2D eigenvalue weighted by molar-refractivity contribution is 0.148. The quantitative estimate of drug-likeness (QED) is 0.855. The highest BCUT2D eigenvalue weighted by Crippen LogP contribution is 2.32. The molecule has 1 fully saturated rings. The summed E-state index contributed by atoms with van der Waals surface area (Å²) in [6.45, 7) is 7.17. The fourth-order valence-corrected chi connectivity index (χ4v) is 2.86. The highest BCUT2D eigenvalue weighted by molar-refractivity contribution is 7.09. The van der Waals surface area contributed by atoms with Crippen molar-refractivity contribution in [3.63, 3.8) is 0 Å². The second-order valence-corrected chi connectivity index (χ2v) is 5.92. The molecular weight excluding hydrogens is 220 g/mol. The first-order valence-corrected chi connectivity index (χ1v) is 6.78. The summed E-state index contributed by atoms with van der Waals surface area (Å²) < 4.78 is 5.58. The van der Waals surface area contributed by atoms with Gasteiger partial charge in [-0.1, -0.05) is 13.8 Å². The third-order valence-electron chi connectivity index (χ3n) is 3.08. The van der Waals surface area contributed by atoms with Gasteiger partial charge >= 0.3 is 0 Å². The molecule has 2 rings (SSSR count). The van der Waals surface area contributed by atoms with Crippen LogP contribution in [0.5, 0.6) is 0 Å². The summed E-state index contributed by atoms with van der Waals surface area (Å²) in [5.74, 6) is 0. The third-order valence-corrected chi connectivity index (χ3v) is 3.86. The van der Waals surface area contributed by atoms with Crippen molar-refractivity contribution in [2.75, 3.05) is 19.8 Å². The Morgan fingerprint density at radius 3 is 3.06 bits per heavy atom. The molecule has 0 spiro atoms. The Bertz CT molecular complexity index is 305. The van der Waals surface area contributed by atoms with Crippen LogP contribution in [0.2, 0.25) is 0 Å². The largest absolute Gasteiger partial charge is 0.381 e. The molecule has 16 heavy (non-hydrogen) atoms. The van der Waals surface area contributed by atoms with Gasteiger partial charge in [0.15, 0.2) is 0 Å². The Labute approximate surface area is 101 Å². The molecule has 1 atom stereocenters. The number of nitrogens with zero attached hydrogens (tertiary/aromatic N) is 1. The zero-order chi connectivity index (χ0) is 11.4. The number of thiazole rings is 1. The van der Waals surface area contributed by atoms with Crippen LogP contribution in [0, 0.1) is 5.41 Å². The summed E-state index contributed by atoms with van der Waals surface area (Å²) in [6.07, 6.45) is 4.08. The van der Waals surface area contributed by atoms with Gasteiger partial charge in [-0.15, -0.1) is 11.3 Å². The van der Waals surface area contributed by atoms with Gasteiger partial charge in [0.1, 0.15) is 0 Å². The maximum absolute atomic E-state index is 5.58. The molecular formula is C12H20N2OS. The Balaban J connectivity index is 1.98. The van der Waals surface area contributed by atoms with Crippen LogP contribution >= 0.6 is 11.3 Å². The molecule has 1 aromatic rings. The van der Waals surface area contributed by atoms with Gasteiger partial charge in [-0.25, -0.2) is 4.98 Å². The van der Waals surface area contributed by atoms with E-state index in [1.165, 1.54) is 5.01 Å². The van der Waals surface area contributed by atoms with E-state index in [-0.39, 0.29) is 5.41 Å². The number of aromatic nitrogens is 1. The molecule has 0 amide bonds. The lowest BCUT2D eigenvalue weighted by Gasteiger charge is -2.28. The van der Waals surface area contributed by atoms with E-state index in [0.717, 1.165) is 32.6 Å². The maximum atomic E-state index is 5.58. The lowest BCUT2D eigenvalue weighted by atomic mass is 9.83. The van der Waals surface area contributed by atoms with Crippen LogP contribution in [0.3, 0.4) is 0 Å². The molecule has 0 saturated carbocycles. The minimum absolute atomic E-state index is 0.266. The molecule has 0 aromatic carbocycles. The Kier molecular flexibility index (Phi) is 3.95. The van der Waals surface area contributed by atoms with Crippen molar-refractivity contribution in [3.05, 3.63) is 16.6 Å². The standard InChI is InChI=1S/C12H20N2OS/c1-10(2)14-8-12(3-5-15-9-12)7-11-13-4-6-16-11/h4,6,10,14H,3,5,7-9H2,1-2H3. The van der Waals surface area contributed by atoms with Crippen LogP contribution in [-0.4, -0.2) is 30.8 Å². The van der Waals surface area contributed by atoms with Crippen LogP contribution < -0.4 is 5.32 Å². The minimum Gasteiger partial charge on any atom is -0.381 e. The number of rotatable bonds is 5. The predicted octanol–water partition coefficient (Wildman–Crippen LogP) is 2.09. The van der Waals surface area contributed by atoms with Gasteiger partial charge in [-0.3, -0.25) is 0 Å². The molecule has 2 heterocycles. The van der Waals surface area contributed by atoms with Crippen molar-refractivity contribution in [1.29, 1.82) is 0 Å². The molecule has 1 unspecified atom stereocenters. The molecule has 1 N–H and O–H groups in total. The van der Waals surface area contributed by atoms with E-state index in [1.807, 2.05) is 6.20 Å². The second-order valence-electron chi connectivity index (χ2n) is 4.94. The average molecular weight is 240 g/mol. The Morgan fingerprint density at radius 2 is 2.50 bits per heavy atom. The number of hydrogen-bond donors (Lipinski definition) is 1. The van der Waals surface area contributed by atoms with Gasteiger partial charge in [-0.2, -0.15) is 0 Å². The zero-order valence-electron chi connectivity index (χ0n) is 10.0. The maximum Gasteiger partial charge on any atom is 0.0931 e. The van der Waals surface area contributed by atoms with Crippen LogP contribution in [-0.2, 0) is 11.2 Å². The van der Waals surface area contributed by atoms with E-state index in [0.29, 0.717) is 6.04 Å². The van der Waals surface area contributed by atoms with Crippen molar-refractivity contribution in [2.45, 2.75) is 32.7 Å². The summed E-state index contributed by atoms with van der Waals surface area (Å²) in [6, 6.07) is 0.536. The summed E-state index contributed by atoms with van der Waals surface area (Å²) in [5.41, 5.74) is 0.266. The summed E-state index contributed by atoms with van der Waals surface area (Å²) in [5, 5.41) is 6.82. The third kappa shape index (κ3) is 3.03. The molecule has 4 heteroatoms. The van der Waals surface area contributed by atoms with Gasteiger partial charge in [0, 0.05) is 42.6 Å². The zero-order valence-corrected chi connectivity index (χ0v) is 10.8. The van der Waals surface area contributed by atoms with E-state index in [1.54, 1.807) is 11.3 Å². The molecule has 0 bridgehead atoms. The van der Waals surface area contributed by atoms with Gasteiger partial charge in [-0.05, 0) is 6.42 Å². The first-order chi connectivity index (χ1) is 7.70. The smallest absolute Gasteiger partial charge is 0.0931 e. The van der Waals surface area contributed by atoms with Crippen molar-refractivity contribution in [1.82, 2.24) is 10.3 Å². The van der Waals surface area contributed by atoms with Crippen LogP contribution in [0.4, 0.5) is 0 Å². The van der Waals surface area contributed by atoms with Crippen molar-refractivity contribution in [2.24, 2.45) is 5.41 Å². The Morgan fingerprint density at radius 1 is 1.62 bits per heavy atom. The molecule has 1 saturated heterocycles. The topological polar surface area (TPSA) is 34.2 Å². The second kappa shape index (κ2) is 5.25. The Hall–Kier alpha value is -0.450. The van der Waals surface area contributed by atoms with E-state index >= 15 is 0 Å².